The Bertz CT molecular complexity index is 1270. The minimum absolute atomic E-state index is 0.261. The Morgan fingerprint density at radius 3 is 2.47 bits per heavy atom. The highest BCUT2D eigenvalue weighted by Crippen LogP contribution is 2.24. The molecule has 1 amide bonds. The number of aryl methyl sites for hydroxylation is 2. The van der Waals surface area contributed by atoms with Gasteiger partial charge >= 0.3 is 0 Å². The van der Waals surface area contributed by atoms with Gasteiger partial charge < -0.3 is 4.52 Å². The molecule has 0 fully saturated rings. The standard InChI is InChI=1S/C22H19N5O3/c1-14-18(22(29)27(25-14)17-11-7-4-8-12-17)13-23-24-21(28)19-15(2)30-26-20(19)16-9-5-3-6-10-16/h3-13,25H,1-2H3,(H,24,28)/b23-13+. The van der Waals surface area contributed by atoms with Crippen molar-refractivity contribution in [2.45, 2.75) is 13.8 Å². The van der Waals surface area contributed by atoms with Crippen LogP contribution in [0.2, 0.25) is 0 Å². The Balaban J connectivity index is 1.57. The molecule has 0 spiro atoms. The largest absolute Gasteiger partial charge is 0.360 e. The van der Waals surface area contributed by atoms with Gasteiger partial charge in [-0.25, -0.2) is 10.1 Å². The molecule has 0 atom stereocenters. The van der Waals surface area contributed by atoms with Gasteiger partial charge in [-0.15, -0.1) is 0 Å². The number of nitrogens with one attached hydrogen (secondary N) is 2. The van der Waals surface area contributed by atoms with Gasteiger partial charge in [-0.1, -0.05) is 53.7 Å². The Morgan fingerprint density at radius 2 is 1.77 bits per heavy atom. The van der Waals surface area contributed by atoms with Crippen molar-refractivity contribution in [3.63, 3.8) is 0 Å². The van der Waals surface area contributed by atoms with Crippen molar-refractivity contribution in [3.8, 4) is 16.9 Å². The van der Waals surface area contributed by atoms with Crippen molar-refractivity contribution in [3.05, 3.63) is 93.6 Å². The lowest BCUT2D eigenvalue weighted by molar-refractivity contribution is 0.0954. The lowest BCUT2D eigenvalue weighted by atomic mass is 10.1. The summed E-state index contributed by atoms with van der Waals surface area (Å²) in [7, 11) is 0. The molecule has 2 aromatic carbocycles. The molecular formula is C22H19N5O3. The van der Waals surface area contributed by atoms with Gasteiger partial charge in [0.15, 0.2) is 0 Å². The molecule has 0 radical (unpaired) electrons. The van der Waals surface area contributed by atoms with Crippen molar-refractivity contribution in [1.82, 2.24) is 20.4 Å². The summed E-state index contributed by atoms with van der Waals surface area (Å²) in [6, 6.07) is 18.5. The van der Waals surface area contributed by atoms with Gasteiger partial charge in [0.1, 0.15) is 17.0 Å². The maximum Gasteiger partial charge on any atom is 0.280 e. The molecule has 0 unspecified atom stereocenters. The molecule has 0 aliphatic heterocycles. The molecule has 8 heteroatoms. The van der Waals surface area contributed by atoms with E-state index in [2.05, 4.69) is 20.8 Å². The van der Waals surface area contributed by atoms with E-state index in [-0.39, 0.29) is 5.56 Å². The van der Waals surface area contributed by atoms with E-state index in [9.17, 15) is 9.59 Å². The van der Waals surface area contributed by atoms with Crippen LogP contribution in [0.5, 0.6) is 0 Å². The van der Waals surface area contributed by atoms with Gasteiger partial charge in [0.25, 0.3) is 11.5 Å². The molecule has 150 valence electrons. The molecule has 4 rings (SSSR count). The normalized spacial score (nSPS) is 11.1. The first-order valence-corrected chi connectivity index (χ1v) is 9.28. The Morgan fingerprint density at radius 1 is 1.10 bits per heavy atom. The second kappa shape index (κ2) is 8.04. The summed E-state index contributed by atoms with van der Waals surface area (Å²) in [4.78, 5) is 25.4. The highest BCUT2D eigenvalue weighted by molar-refractivity contribution is 6.01. The number of rotatable bonds is 5. The number of aromatic nitrogens is 3. The maximum absolute atomic E-state index is 12.7. The van der Waals surface area contributed by atoms with Crippen LogP contribution in [0.3, 0.4) is 0 Å². The summed E-state index contributed by atoms with van der Waals surface area (Å²) in [6.07, 6.45) is 1.33. The third-order valence-corrected chi connectivity index (χ3v) is 4.63. The van der Waals surface area contributed by atoms with Crippen LogP contribution >= 0.6 is 0 Å². The van der Waals surface area contributed by atoms with E-state index in [0.717, 1.165) is 5.56 Å². The number of benzene rings is 2. The molecule has 4 aromatic rings. The first-order chi connectivity index (χ1) is 14.6. The second-order valence-electron chi connectivity index (χ2n) is 6.65. The summed E-state index contributed by atoms with van der Waals surface area (Å²) in [5, 5.41) is 11.0. The van der Waals surface area contributed by atoms with Crippen LogP contribution in [0.25, 0.3) is 16.9 Å². The zero-order chi connectivity index (χ0) is 21.1. The van der Waals surface area contributed by atoms with Crippen LogP contribution in [0.15, 0.2) is 75.1 Å². The third-order valence-electron chi connectivity index (χ3n) is 4.63. The smallest absolute Gasteiger partial charge is 0.280 e. The van der Waals surface area contributed by atoms with Crippen molar-refractivity contribution in [2.24, 2.45) is 5.10 Å². The highest BCUT2D eigenvalue weighted by Gasteiger charge is 2.21. The first kappa shape index (κ1) is 19.1. The molecular weight excluding hydrogens is 382 g/mol. The minimum atomic E-state index is -0.472. The fourth-order valence-corrected chi connectivity index (χ4v) is 3.11. The number of carbonyl (C=O) groups excluding carboxylic acids is 1. The minimum Gasteiger partial charge on any atom is -0.360 e. The fraction of sp³-hybridized carbons (Fsp3) is 0.0909. The van der Waals surface area contributed by atoms with Gasteiger partial charge in [0.2, 0.25) is 0 Å². The summed E-state index contributed by atoms with van der Waals surface area (Å²) in [5.41, 5.74) is 5.38. The van der Waals surface area contributed by atoms with E-state index >= 15 is 0 Å². The Kier molecular flexibility index (Phi) is 5.13. The van der Waals surface area contributed by atoms with E-state index < -0.39 is 5.91 Å². The number of hydrazone groups is 1. The molecule has 0 aliphatic rings. The highest BCUT2D eigenvalue weighted by atomic mass is 16.5. The third kappa shape index (κ3) is 3.58. The van der Waals surface area contributed by atoms with Crippen molar-refractivity contribution >= 4 is 12.1 Å². The first-order valence-electron chi connectivity index (χ1n) is 9.28. The maximum atomic E-state index is 12.7. The Labute approximate surface area is 171 Å². The van der Waals surface area contributed by atoms with Crippen molar-refractivity contribution < 1.29 is 9.32 Å². The summed E-state index contributed by atoms with van der Waals surface area (Å²) in [6.45, 7) is 3.43. The van der Waals surface area contributed by atoms with E-state index in [1.54, 1.807) is 13.8 Å². The molecule has 2 heterocycles. The molecule has 2 aromatic heterocycles. The van der Waals surface area contributed by atoms with Crippen LogP contribution in [0.4, 0.5) is 0 Å². The van der Waals surface area contributed by atoms with E-state index in [1.807, 2.05) is 60.7 Å². The molecule has 0 saturated heterocycles. The zero-order valence-corrected chi connectivity index (χ0v) is 16.4. The predicted octanol–water partition coefficient (Wildman–Crippen LogP) is 3.20. The molecule has 2 N–H and O–H groups in total. The van der Waals surface area contributed by atoms with Gasteiger partial charge in [0.05, 0.1) is 17.5 Å². The molecule has 8 nitrogen and oxygen atoms in total. The van der Waals surface area contributed by atoms with Gasteiger partial charge in [-0.2, -0.15) is 5.10 Å². The number of para-hydroxylation sites is 1. The summed E-state index contributed by atoms with van der Waals surface area (Å²) < 4.78 is 6.63. The predicted molar refractivity (Wildman–Crippen MR) is 113 cm³/mol. The summed E-state index contributed by atoms with van der Waals surface area (Å²) >= 11 is 0. The SMILES string of the molecule is Cc1[nH]n(-c2ccccc2)c(=O)c1/C=N/NC(=O)c1c(-c2ccccc2)noc1C. The van der Waals surface area contributed by atoms with E-state index in [1.165, 1.54) is 10.9 Å². The van der Waals surface area contributed by atoms with Crippen LogP contribution in [-0.2, 0) is 0 Å². The number of hydrogen-bond donors (Lipinski definition) is 2. The topological polar surface area (TPSA) is 105 Å². The zero-order valence-electron chi connectivity index (χ0n) is 16.4. The number of aromatic amines is 1. The number of carbonyl (C=O) groups is 1. The van der Waals surface area contributed by atoms with Crippen LogP contribution < -0.4 is 11.0 Å². The number of H-pyrrole nitrogens is 1. The van der Waals surface area contributed by atoms with Crippen LogP contribution in [0.1, 0.15) is 27.4 Å². The van der Waals surface area contributed by atoms with Gasteiger partial charge in [-0.05, 0) is 26.0 Å². The van der Waals surface area contributed by atoms with E-state index in [0.29, 0.717) is 34.0 Å². The Hall–Kier alpha value is -4.20. The van der Waals surface area contributed by atoms with Crippen molar-refractivity contribution in [1.29, 1.82) is 0 Å². The van der Waals surface area contributed by atoms with Gasteiger partial charge in [0, 0.05) is 11.3 Å². The lowest BCUT2D eigenvalue weighted by Crippen LogP contribution is -2.21. The molecule has 30 heavy (non-hydrogen) atoms. The average molecular weight is 401 g/mol. The van der Waals surface area contributed by atoms with E-state index in [4.69, 9.17) is 4.52 Å². The average Bonchev–Trinajstić information content (AvgIpc) is 3.29. The second-order valence-corrected chi connectivity index (χ2v) is 6.65. The molecule has 0 aliphatic carbocycles. The fourth-order valence-electron chi connectivity index (χ4n) is 3.11. The van der Waals surface area contributed by atoms with Crippen molar-refractivity contribution in [2.75, 3.05) is 0 Å². The van der Waals surface area contributed by atoms with Gasteiger partial charge in [-0.3, -0.25) is 14.7 Å². The number of amides is 1. The monoisotopic (exact) mass is 401 g/mol. The quantitative estimate of drug-likeness (QED) is 0.396. The molecule has 0 bridgehead atoms. The van der Waals surface area contributed by atoms with Crippen LogP contribution in [-0.4, -0.2) is 27.1 Å². The lowest BCUT2D eigenvalue weighted by Gasteiger charge is -2.01. The number of hydrogen-bond acceptors (Lipinski definition) is 5. The molecule has 0 saturated carbocycles. The summed E-state index contributed by atoms with van der Waals surface area (Å²) in [5.74, 6) is -0.0914. The number of nitrogens with zero attached hydrogens (tertiary/aromatic N) is 3. The van der Waals surface area contributed by atoms with Crippen LogP contribution in [0, 0.1) is 13.8 Å².